The largest absolute Gasteiger partial charge is 0.389 e. The highest BCUT2D eigenvalue weighted by molar-refractivity contribution is 6.31. The lowest BCUT2D eigenvalue weighted by molar-refractivity contribution is 0.0198. The number of rotatable bonds is 6. The summed E-state index contributed by atoms with van der Waals surface area (Å²) in [7, 11) is 0. The second kappa shape index (κ2) is 7.97. The third kappa shape index (κ3) is 4.58. The van der Waals surface area contributed by atoms with Crippen LogP contribution in [-0.4, -0.2) is 27.4 Å². The van der Waals surface area contributed by atoms with Crippen LogP contribution in [0.1, 0.15) is 5.56 Å². The number of fused-ring (bicyclic) bond motifs is 1. The molecule has 7 heteroatoms. The molecule has 0 saturated carbocycles. The van der Waals surface area contributed by atoms with Gasteiger partial charge in [-0.2, -0.15) is 0 Å². The number of aliphatic hydroxyl groups excluding tert-OH is 1. The Hall–Kier alpha value is -1.92. The Balaban J connectivity index is 1.61. The van der Waals surface area contributed by atoms with E-state index in [0.29, 0.717) is 27.6 Å². The van der Waals surface area contributed by atoms with Crippen molar-refractivity contribution in [1.29, 1.82) is 0 Å². The topological polar surface area (TPSA) is 64.4 Å². The summed E-state index contributed by atoms with van der Waals surface area (Å²) in [5, 5.41) is 11.7. The van der Waals surface area contributed by atoms with E-state index in [9.17, 15) is 9.90 Å². The van der Waals surface area contributed by atoms with Crippen LogP contribution in [0, 0.1) is 0 Å². The molecule has 5 nitrogen and oxygen atoms in total. The fraction of sp³-hybridized carbons (Fsp3) is 0.222. The highest BCUT2D eigenvalue weighted by Crippen LogP contribution is 2.14. The van der Waals surface area contributed by atoms with Gasteiger partial charge >= 0.3 is 0 Å². The molecule has 1 atom stereocenters. The number of benzene rings is 2. The highest BCUT2D eigenvalue weighted by Gasteiger charge is 2.10. The van der Waals surface area contributed by atoms with E-state index in [1.807, 2.05) is 12.1 Å². The number of ether oxygens (including phenoxy) is 1. The average Bonchev–Trinajstić information content (AvgIpc) is 2.60. The minimum Gasteiger partial charge on any atom is -0.389 e. The maximum Gasteiger partial charge on any atom is 0.261 e. The highest BCUT2D eigenvalue weighted by atomic mass is 35.5. The van der Waals surface area contributed by atoms with Gasteiger partial charge in [-0.25, -0.2) is 4.98 Å². The number of halogens is 2. The molecular formula is C18H16Cl2N2O3. The predicted molar refractivity (Wildman–Crippen MR) is 98.1 cm³/mol. The van der Waals surface area contributed by atoms with Crippen LogP contribution in [0.3, 0.4) is 0 Å². The SMILES string of the molecule is O=c1c2cc(Cl)ccc2ncn1CC(O)COCc1ccc(Cl)cc1. The summed E-state index contributed by atoms with van der Waals surface area (Å²) in [6.07, 6.45) is 0.587. The minimum absolute atomic E-state index is 0.0922. The molecule has 0 amide bonds. The second-order valence-electron chi connectivity index (χ2n) is 5.66. The summed E-state index contributed by atoms with van der Waals surface area (Å²) in [5.74, 6) is 0. The fourth-order valence-corrected chi connectivity index (χ4v) is 2.73. The van der Waals surface area contributed by atoms with Crippen LogP contribution in [0.5, 0.6) is 0 Å². The van der Waals surface area contributed by atoms with Crippen LogP contribution in [0.2, 0.25) is 10.0 Å². The van der Waals surface area contributed by atoms with Crippen molar-refractivity contribution in [2.24, 2.45) is 0 Å². The molecule has 3 rings (SSSR count). The lowest BCUT2D eigenvalue weighted by atomic mass is 10.2. The standard InChI is InChI=1S/C18H16Cl2N2O3/c19-13-3-1-12(2-4-13)9-25-10-15(23)8-22-11-21-17-6-5-14(20)7-16(17)18(22)24/h1-7,11,15,23H,8-10H2. The van der Waals surface area contributed by atoms with E-state index >= 15 is 0 Å². The van der Waals surface area contributed by atoms with E-state index in [4.69, 9.17) is 27.9 Å². The molecule has 1 heterocycles. The van der Waals surface area contributed by atoms with Crippen molar-refractivity contribution in [3.05, 3.63) is 74.8 Å². The van der Waals surface area contributed by atoms with Gasteiger partial charge in [0.25, 0.3) is 5.56 Å². The smallest absolute Gasteiger partial charge is 0.261 e. The molecule has 25 heavy (non-hydrogen) atoms. The molecule has 0 saturated heterocycles. The first kappa shape index (κ1) is 17.9. The Kier molecular flexibility index (Phi) is 5.71. The van der Waals surface area contributed by atoms with Crippen molar-refractivity contribution in [1.82, 2.24) is 9.55 Å². The van der Waals surface area contributed by atoms with E-state index in [1.165, 1.54) is 10.9 Å². The van der Waals surface area contributed by atoms with E-state index in [1.54, 1.807) is 30.3 Å². The summed E-state index contributed by atoms with van der Waals surface area (Å²) in [5.41, 5.74) is 1.28. The number of hydrogen-bond acceptors (Lipinski definition) is 4. The second-order valence-corrected chi connectivity index (χ2v) is 6.53. The molecule has 0 aliphatic rings. The van der Waals surface area contributed by atoms with Gasteiger partial charge in [0, 0.05) is 10.0 Å². The zero-order valence-electron chi connectivity index (χ0n) is 13.2. The number of hydrogen-bond donors (Lipinski definition) is 1. The van der Waals surface area contributed by atoms with Crippen molar-refractivity contribution in [2.75, 3.05) is 6.61 Å². The zero-order chi connectivity index (χ0) is 17.8. The van der Waals surface area contributed by atoms with Gasteiger partial charge in [-0.15, -0.1) is 0 Å². The Morgan fingerprint density at radius 3 is 2.60 bits per heavy atom. The molecule has 0 radical (unpaired) electrons. The normalized spacial score (nSPS) is 12.4. The lowest BCUT2D eigenvalue weighted by Crippen LogP contribution is -2.29. The first-order valence-corrected chi connectivity index (χ1v) is 8.43. The maximum absolute atomic E-state index is 12.4. The van der Waals surface area contributed by atoms with E-state index in [2.05, 4.69) is 4.98 Å². The molecule has 0 aliphatic heterocycles. The van der Waals surface area contributed by atoms with Crippen LogP contribution in [0.25, 0.3) is 10.9 Å². The van der Waals surface area contributed by atoms with Gasteiger partial charge in [-0.05, 0) is 35.9 Å². The molecule has 0 aliphatic carbocycles. The zero-order valence-corrected chi connectivity index (χ0v) is 14.7. The molecule has 0 spiro atoms. The van der Waals surface area contributed by atoms with E-state index in [-0.39, 0.29) is 18.7 Å². The molecule has 130 valence electrons. The predicted octanol–water partition coefficient (Wildman–Crippen LogP) is 3.28. The van der Waals surface area contributed by atoms with Gasteiger partial charge < -0.3 is 9.84 Å². The lowest BCUT2D eigenvalue weighted by Gasteiger charge is -2.13. The molecule has 1 unspecified atom stereocenters. The quantitative estimate of drug-likeness (QED) is 0.714. The van der Waals surface area contributed by atoms with E-state index in [0.717, 1.165) is 5.56 Å². The van der Waals surface area contributed by atoms with Gasteiger partial charge in [-0.1, -0.05) is 35.3 Å². The number of aliphatic hydroxyl groups is 1. The van der Waals surface area contributed by atoms with Crippen LogP contribution >= 0.6 is 23.2 Å². The first-order valence-electron chi connectivity index (χ1n) is 7.68. The molecular weight excluding hydrogens is 363 g/mol. The van der Waals surface area contributed by atoms with Crippen molar-refractivity contribution >= 4 is 34.1 Å². The Morgan fingerprint density at radius 1 is 1.12 bits per heavy atom. The average molecular weight is 379 g/mol. The summed E-state index contributed by atoms with van der Waals surface area (Å²) in [4.78, 5) is 16.7. The molecule has 0 fully saturated rings. The summed E-state index contributed by atoms with van der Waals surface area (Å²) < 4.78 is 6.85. The van der Waals surface area contributed by atoms with Crippen molar-refractivity contribution in [3.63, 3.8) is 0 Å². The van der Waals surface area contributed by atoms with Gasteiger partial charge in [-0.3, -0.25) is 9.36 Å². The van der Waals surface area contributed by atoms with Crippen LogP contribution in [0.15, 0.2) is 53.6 Å². The van der Waals surface area contributed by atoms with Crippen LogP contribution < -0.4 is 5.56 Å². The monoisotopic (exact) mass is 378 g/mol. The third-order valence-corrected chi connectivity index (χ3v) is 4.17. The number of aromatic nitrogens is 2. The van der Waals surface area contributed by atoms with Crippen LogP contribution in [0.4, 0.5) is 0 Å². The number of nitrogens with zero attached hydrogens (tertiary/aromatic N) is 2. The van der Waals surface area contributed by atoms with Crippen molar-refractivity contribution in [2.45, 2.75) is 19.3 Å². The first-order chi connectivity index (χ1) is 12.0. The van der Waals surface area contributed by atoms with E-state index < -0.39 is 6.10 Å². The third-order valence-electron chi connectivity index (χ3n) is 3.69. The van der Waals surface area contributed by atoms with Crippen molar-refractivity contribution < 1.29 is 9.84 Å². The van der Waals surface area contributed by atoms with Gasteiger partial charge in [0.2, 0.25) is 0 Å². The van der Waals surface area contributed by atoms with Crippen molar-refractivity contribution in [3.8, 4) is 0 Å². The van der Waals surface area contributed by atoms with Gasteiger partial charge in [0.1, 0.15) is 0 Å². The Bertz CT molecular complexity index is 926. The summed E-state index contributed by atoms with van der Waals surface area (Å²) in [6, 6.07) is 12.2. The Morgan fingerprint density at radius 2 is 1.84 bits per heavy atom. The Labute approximate surface area is 154 Å². The van der Waals surface area contributed by atoms with Gasteiger partial charge in [0.05, 0.1) is 43.1 Å². The molecule has 1 aromatic heterocycles. The minimum atomic E-state index is -0.830. The van der Waals surface area contributed by atoms with Gasteiger partial charge in [0.15, 0.2) is 0 Å². The maximum atomic E-state index is 12.4. The molecule has 2 aromatic carbocycles. The molecule has 3 aromatic rings. The molecule has 0 bridgehead atoms. The fourth-order valence-electron chi connectivity index (χ4n) is 2.43. The summed E-state index contributed by atoms with van der Waals surface area (Å²) >= 11 is 11.8. The molecule has 1 N–H and O–H groups in total. The van der Waals surface area contributed by atoms with Crippen LogP contribution in [-0.2, 0) is 17.9 Å². The summed E-state index contributed by atoms with van der Waals surface area (Å²) in [6.45, 7) is 0.548.